The molecule has 0 atom stereocenters. The van der Waals surface area contributed by atoms with E-state index in [0.29, 0.717) is 12.5 Å². The van der Waals surface area contributed by atoms with E-state index in [1.165, 1.54) is 10.9 Å². The third-order valence-electron chi connectivity index (χ3n) is 3.52. The molecule has 0 aliphatic heterocycles. The summed E-state index contributed by atoms with van der Waals surface area (Å²) in [6.07, 6.45) is 1.98. The van der Waals surface area contributed by atoms with Crippen LogP contribution in [0.15, 0.2) is 30.5 Å². The third kappa shape index (κ3) is 4.08. The summed E-state index contributed by atoms with van der Waals surface area (Å²) in [6, 6.07) is 8.50. The summed E-state index contributed by atoms with van der Waals surface area (Å²) >= 11 is 0. The van der Waals surface area contributed by atoms with Crippen molar-refractivity contribution in [2.75, 3.05) is 20.6 Å². The molecule has 0 unspecified atom stereocenters. The van der Waals surface area contributed by atoms with E-state index in [-0.39, 0.29) is 5.91 Å². The Kier molecular flexibility index (Phi) is 5.02. The molecule has 4 nitrogen and oxygen atoms in total. The molecule has 114 valence electrons. The van der Waals surface area contributed by atoms with Crippen molar-refractivity contribution in [1.29, 1.82) is 0 Å². The Morgan fingerprint density at radius 3 is 2.71 bits per heavy atom. The molecule has 1 aromatic carbocycles. The first-order valence-electron chi connectivity index (χ1n) is 7.46. The highest BCUT2D eigenvalue weighted by molar-refractivity contribution is 5.83. The van der Waals surface area contributed by atoms with Crippen molar-refractivity contribution < 1.29 is 4.79 Å². The van der Waals surface area contributed by atoms with Gasteiger partial charge in [-0.2, -0.15) is 0 Å². The fraction of sp³-hybridized carbons (Fsp3) is 0.471. The second-order valence-corrected chi connectivity index (χ2v) is 6.15. The zero-order valence-electron chi connectivity index (χ0n) is 13.4. The monoisotopic (exact) mass is 287 g/mol. The molecule has 1 aromatic heterocycles. The second-order valence-electron chi connectivity index (χ2n) is 6.15. The van der Waals surface area contributed by atoms with Gasteiger partial charge >= 0.3 is 0 Å². The summed E-state index contributed by atoms with van der Waals surface area (Å²) < 4.78 is 2.00. The summed E-state index contributed by atoms with van der Waals surface area (Å²) in [5.74, 6) is 0.766. The van der Waals surface area contributed by atoms with E-state index < -0.39 is 0 Å². The molecule has 0 bridgehead atoms. The van der Waals surface area contributed by atoms with Gasteiger partial charge in [0.15, 0.2) is 0 Å². The maximum absolute atomic E-state index is 11.8. The Bertz CT molecular complexity index is 614. The molecule has 4 heteroatoms. The van der Waals surface area contributed by atoms with E-state index in [1.54, 1.807) is 19.0 Å². The minimum atomic E-state index is 0.107. The third-order valence-corrected chi connectivity index (χ3v) is 3.52. The molecule has 21 heavy (non-hydrogen) atoms. The first-order valence-corrected chi connectivity index (χ1v) is 7.46. The van der Waals surface area contributed by atoms with Crippen molar-refractivity contribution >= 4 is 16.8 Å². The number of carbonyl (C=O) groups is 1. The standard InChI is InChI=1S/C17H25N3O/c1-13(2)10-18-11-14-5-6-16-15(9-14)7-8-20(16)12-17(21)19(3)4/h5-9,13,18H,10-12H2,1-4H3. The summed E-state index contributed by atoms with van der Waals surface area (Å²) in [5.41, 5.74) is 2.39. The number of amides is 1. The van der Waals surface area contributed by atoms with Gasteiger partial charge in [-0.05, 0) is 41.6 Å². The first-order chi connectivity index (χ1) is 9.97. The highest BCUT2D eigenvalue weighted by atomic mass is 16.2. The molecule has 0 aliphatic carbocycles. The van der Waals surface area contributed by atoms with Crippen LogP contribution in [0.1, 0.15) is 19.4 Å². The quantitative estimate of drug-likeness (QED) is 0.886. The Labute approximate surface area is 126 Å². The van der Waals surface area contributed by atoms with Crippen LogP contribution in [0.2, 0.25) is 0 Å². The van der Waals surface area contributed by atoms with Crippen molar-refractivity contribution in [3.63, 3.8) is 0 Å². The predicted octanol–water partition coefficient (Wildman–Crippen LogP) is 2.48. The lowest BCUT2D eigenvalue weighted by Crippen LogP contribution is -2.25. The number of aromatic nitrogens is 1. The molecule has 0 fully saturated rings. The van der Waals surface area contributed by atoms with Crippen LogP contribution in [-0.4, -0.2) is 36.0 Å². The zero-order valence-corrected chi connectivity index (χ0v) is 13.4. The number of benzene rings is 1. The second kappa shape index (κ2) is 6.76. The molecular formula is C17H25N3O. The normalized spacial score (nSPS) is 11.3. The van der Waals surface area contributed by atoms with Gasteiger partial charge in [-0.15, -0.1) is 0 Å². The molecule has 0 aliphatic rings. The summed E-state index contributed by atoms with van der Waals surface area (Å²) in [7, 11) is 3.57. The highest BCUT2D eigenvalue weighted by Gasteiger charge is 2.08. The predicted molar refractivity (Wildman–Crippen MR) is 87.2 cm³/mol. The van der Waals surface area contributed by atoms with Gasteiger partial charge in [-0.1, -0.05) is 19.9 Å². The van der Waals surface area contributed by atoms with Crippen molar-refractivity contribution in [3.8, 4) is 0 Å². The lowest BCUT2D eigenvalue weighted by Gasteiger charge is -2.12. The van der Waals surface area contributed by atoms with E-state index in [2.05, 4.69) is 43.4 Å². The van der Waals surface area contributed by atoms with Crippen LogP contribution in [-0.2, 0) is 17.9 Å². The average molecular weight is 287 g/mol. The fourth-order valence-corrected chi connectivity index (χ4v) is 2.29. The lowest BCUT2D eigenvalue weighted by molar-refractivity contribution is -0.129. The Morgan fingerprint density at radius 1 is 1.29 bits per heavy atom. The van der Waals surface area contributed by atoms with Gasteiger partial charge in [-0.3, -0.25) is 4.79 Å². The van der Waals surface area contributed by atoms with Gasteiger partial charge in [0.05, 0.1) is 0 Å². The van der Waals surface area contributed by atoms with Gasteiger partial charge in [-0.25, -0.2) is 0 Å². The van der Waals surface area contributed by atoms with Crippen LogP contribution < -0.4 is 5.32 Å². The topological polar surface area (TPSA) is 37.3 Å². The molecule has 2 rings (SSSR count). The molecule has 1 N–H and O–H groups in total. The molecule has 0 saturated heterocycles. The molecule has 0 saturated carbocycles. The number of hydrogen-bond acceptors (Lipinski definition) is 2. The van der Waals surface area contributed by atoms with Gasteiger partial charge in [0.2, 0.25) is 5.91 Å². The molecule has 0 radical (unpaired) electrons. The van der Waals surface area contributed by atoms with E-state index in [9.17, 15) is 4.79 Å². The van der Waals surface area contributed by atoms with Gasteiger partial charge in [0, 0.05) is 32.4 Å². The maximum atomic E-state index is 11.8. The van der Waals surface area contributed by atoms with Gasteiger partial charge in [0.1, 0.15) is 6.54 Å². The fourth-order valence-electron chi connectivity index (χ4n) is 2.29. The van der Waals surface area contributed by atoms with Crippen LogP contribution in [0.25, 0.3) is 10.9 Å². The average Bonchev–Trinajstić information content (AvgIpc) is 2.81. The SMILES string of the molecule is CC(C)CNCc1ccc2c(ccn2CC(=O)N(C)C)c1. The van der Waals surface area contributed by atoms with Crippen molar-refractivity contribution in [1.82, 2.24) is 14.8 Å². The number of nitrogens with zero attached hydrogens (tertiary/aromatic N) is 2. The van der Waals surface area contributed by atoms with Crippen molar-refractivity contribution in [2.45, 2.75) is 26.9 Å². The minimum Gasteiger partial charge on any atom is -0.347 e. The molecule has 2 aromatic rings. The van der Waals surface area contributed by atoms with Crippen molar-refractivity contribution in [2.24, 2.45) is 5.92 Å². The van der Waals surface area contributed by atoms with E-state index in [1.807, 2.05) is 10.8 Å². The van der Waals surface area contributed by atoms with Crippen LogP contribution in [0.3, 0.4) is 0 Å². The molecular weight excluding hydrogens is 262 g/mol. The Morgan fingerprint density at radius 2 is 2.05 bits per heavy atom. The molecule has 1 amide bonds. The van der Waals surface area contributed by atoms with E-state index in [0.717, 1.165) is 18.6 Å². The number of rotatable bonds is 6. The number of hydrogen-bond donors (Lipinski definition) is 1. The van der Waals surface area contributed by atoms with Crippen LogP contribution in [0.5, 0.6) is 0 Å². The number of fused-ring (bicyclic) bond motifs is 1. The lowest BCUT2D eigenvalue weighted by atomic mass is 10.1. The molecule has 0 spiro atoms. The number of carbonyl (C=O) groups excluding carboxylic acids is 1. The summed E-state index contributed by atoms with van der Waals surface area (Å²) in [4.78, 5) is 13.4. The zero-order chi connectivity index (χ0) is 15.4. The summed E-state index contributed by atoms with van der Waals surface area (Å²) in [6.45, 7) is 6.71. The highest BCUT2D eigenvalue weighted by Crippen LogP contribution is 2.18. The van der Waals surface area contributed by atoms with Crippen LogP contribution in [0.4, 0.5) is 0 Å². The van der Waals surface area contributed by atoms with Gasteiger partial charge < -0.3 is 14.8 Å². The van der Waals surface area contributed by atoms with Crippen molar-refractivity contribution in [3.05, 3.63) is 36.0 Å². The first kappa shape index (κ1) is 15.6. The molecule has 1 heterocycles. The van der Waals surface area contributed by atoms with Crippen LogP contribution in [0, 0.1) is 5.92 Å². The summed E-state index contributed by atoms with van der Waals surface area (Å²) in [5, 5.41) is 4.64. The Balaban J connectivity index is 2.09. The minimum absolute atomic E-state index is 0.107. The smallest absolute Gasteiger partial charge is 0.241 e. The van der Waals surface area contributed by atoms with Crippen LogP contribution >= 0.6 is 0 Å². The van der Waals surface area contributed by atoms with E-state index >= 15 is 0 Å². The van der Waals surface area contributed by atoms with Gasteiger partial charge in [0.25, 0.3) is 0 Å². The number of likely N-dealkylation sites (N-methyl/N-ethyl adjacent to an activating group) is 1. The number of nitrogens with one attached hydrogen (secondary N) is 1. The maximum Gasteiger partial charge on any atom is 0.241 e. The largest absolute Gasteiger partial charge is 0.347 e. The Hall–Kier alpha value is -1.81. The van der Waals surface area contributed by atoms with E-state index in [4.69, 9.17) is 0 Å².